The van der Waals surface area contributed by atoms with Gasteiger partial charge >= 0.3 is 0 Å². The van der Waals surface area contributed by atoms with Gasteiger partial charge in [-0.25, -0.2) is 0 Å². The Hall–Kier alpha value is -3.73. The molecule has 4 aliphatic rings. The minimum atomic E-state index is -0.455. The molecule has 32 heavy (non-hydrogen) atoms. The number of amides is 3. The summed E-state index contributed by atoms with van der Waals surface area (Å²) in [6, 6.07) is 23.7. The van der Waals surface area contributed by atoms with Crippen LogP contribution in [-0.2, 0) is 14.4 Å². The number of carbonyl (C=O) groups excluding carboxylic acids is 3. The summed E-state index contributed by atoms with van der Waals surface area (Å²) in [5.41, 5.74) is 6.13. The molecule has 1 fully saturated rings. The quantitative estimate of drug-likeness (QED) is 0.653. The van der Waals surface area contributed by atoms with Gasteiger partial charge in [0, 0.05) is 17.5 Å². The van der Waals surface area contributed by atoms with Gasteiger partial charge in [0.2, 0.25) is 17.7 Å². The topological polar surface area (TPSA) is 66.5 Å². The first kappa shape index (κ1) is 19.0. The van der Waals surface area contributed by atoms with Crippen LogP contribution < -0.4 is 5.32 Å². The zero-order valence-electron chi connectivity index (χ0n) is 17.6. The lowest BCUT2D eigenvalue weighted by Crippen LogP contribution is -2.41. The van der Waals surface area contributed by atoms with E-state index in [0.717, 1.165) is 27.8 Å². The first-order valence-electron chi connectivity index (χ1n) is 10.9. The average Bonchev–Trinajstić information content (AvgIpc) is 3.06. The van der Waals surface area contributed by atoms with Crippen molar-refractivity contribution in [3.63, 3.8) is 0 Å². The van der Waals surface area contributed by atoms with Gasteiger partial charge in [-0.2, -0.15) is 0 Å². The Morgan fingerprint density at radius 3 is 1.66 bits per heavy atom. The van der Waals surface area contributed by atoms with Crippen molar-refractivity contribution >= 4 is 23.4 Å². The van der Waals surface area contributed by atoms with Crippen LogP contribution in [-0.4, -0.2) is 29.2 Å². The number of hydrogen-bond acceptors (Lipinski definition) is 3. The minimum Gasteiger partial charge on any atom is -0.324 e. The smallest absolute Gasteiger partial charge is 0.244 e. The number of likely N-dealkylation sites (tertiary alicyclic amines) is 1. The van der Waals surface area contributed by atoms with E-state index in [1.807, 2.05) is 55.5 Å². The van der Waals surface area contributed by atoms with Gasteiger partial charge in [-0.05, 0) is 40.8 Å². The molecule has 2 atom stereocenters. The molecule has 5 nitrogen and oxygen atoms in total. The lowest BCUT2D eigenvalue weighted by molar-refractivity contribution is -0.142. The van der Waals surface area contributed by atoms with Crippen molar-refractivity contribution in [1.29, 1.82) is 0 Å². The predicted molar refractivity (Wildman–Crippen MR) is 120 cm³/mol. The molecule has 0 radical (unpaired) electrons. The van der Waals surface area contributed by atoms with E-state index in [0.29, 0.717) is 5.69 Å². The monoisotopic (exact) mass is 422 g/mol. The molecule has 1 N–H and O–H groups in total. The number of carbonyl (C=O) groups is 3. The fraction of sp³-hybridized carbons (Fsp3) is 0.222. The molecule has 3 aromatic rings. The third-order valence-corrected chi connectivity index (χ3v) is 7.26. The zero-order chi connectivity index (χ0) is 22.0. The number of imide groups is 1. The Balaban J connectivity index is 1.36. The standard InChI is InChI=1S/C27H22N2O3/c1-15-8-2-7-13-20(15)28-21(30)14-29-26(31)24-22-16-9-3-4-10-17(16)23(25(24)27(29)32)19-12-6-5-11-18(19)22/h2-13,22-25H,14H2,1H3,(H,28,30)/t22?,23?,24-,25+. The summed E-state index contributed by atoms with van der Waals surface area (Å²) >= 11 is 0. The number of rotatable bonds is 3. The summed E-state index contributed by atoms with van der Waals surface area (Å²) in [5.74, 6) is -2.05. The summed E-state index contributed by atoms with van der Waals surface area (Å²) in [7, 11) is 0. The van der Waals surface area contributed by atoms with Gasteiger partial charge in [-0.3, -0.25) is 19.3 Å². The lowest BCUT2D eigenvalue weighted by atomic mass is 9.55. The number of anilines is 1. The Bertz CT molecular complexity index is 1180. The molecule has 0 unspecified atom stereocenters. The molecule has 0 saturated carbocycles. The molecule has 5 heteroatoms. The van der Waals surface area contributed by atoms with E-state index in [1.165, 1.54) is 4.90 Å². The number of aryl methyl sites for hydroxylation is 1. The Kier molecular flexibility index (Phi) is 4.09. The number of hydrogen-bond donors (Lipinski definition) is 1. The first-order chi connectivity index (χ1) is 15.6. The van der Waals surface area contributed by atoms with Crippen molar-refractivity contribution in [1.82, 2.24) is 4.90 Å². The number of nitrogens with one attached hydrogen (secondary N) is 1. The van der Waals surface area contributed by atoms with Crippen molar-refractivity contribution in [2.45, 2.75) is 18.8 Å². The Morgan fingerprint density at radius 1 is 0.750 bits per heavy atom. The van der Waals surface area contributed by atoms with E-state index in [9.17, 15) is 14.4 Å². The molecular formula is C27H22N2O3. The zero-order valence-corrected chi connectivity index (χ0v) is 17.6. The SMILES string of the molecule is Cc1ccccc1NC(=O)CN1C(=O)[C@@H]2C3c4ccccc4C(c4ccccc43)[C@@H]2C1=O. The van der Waals surface area contributed by atoms with Crippen molar-refractivity contribution in [2.24, 2.45) is 11.8 Å². The number of benzene rings is 3. The van der Waals surface area contributed by atoms with Gasteiger partial charge in [0.25, 0.3) is 0 Å². The van der Waals surface area contributed by atoms with Gasteiger partial charge in [0.15, 0.2) is 0 Å². The second kappa shape index (κ2) is 6.89. The largest absolute Gasteiger partial charge is 0.324 e. The third kappa shape index (κ3) is 2.54. The van der Waals surface area contributed by atoms with E-state index < -0.39 is 11.8 Å². The molecule has 0 aromatic heterocycles. The lowest BCUT2D eigenvalue weighted by Gasteiger charge is -2.45. The first-order valence-corrected chi connectivity index (χ1v) is 10.9. The van der Waals surface area contributed by atoms with Gasteiger partial charge in [0.05, 0.1) is 11.8 Å². The second-order valence-corrected chi connectivity index (χ2v) is 8.89. The molecule has 1 saturated heterocycles. The Morgan fingerprint density at radius 2 is 1.19 bits per heavy atom. The van der Waals surface area contributed by atoms with E-state index in [4.69, 9.17) is 0 Å². The number of nitrogens with zero attached hydrogens (tertiary/aromatic N) is 1. The van der Waals surface area contributed by atoms with Gasteiger partial charge in [-0.1, -0.05) is 66.7 Å². The molecule has 3 aliphatic carbocycles. The molecular weight excluding hydrogens is 400 g/mol. The van der Waals surface area contributed by atoms with Crippen molar-refractivity contribution in [3.8, 4) is 0 Å². The fourth-order valence-electron chi connectivity index (χ4n) is 5.94. The summed E-state index contributed by atoms with van der Waals surface area (Å²) in [6.45, 7) is 1.65. The summed E-state index contributed by atoms with van der Waals surface area (Å²) in [5, 5.41) is 2.85. The highest BCUT2D eigenvalue weighted by atomic mass is 16.2. The van der Waals surface area contributed by atoms with Crippen LogP contribution >= 0.6 is 0 Å². The van der Waals surface area contributed by atoms with Crippen molar-refractivity contribution in [3.05, 3.63) is 101 Å². The molecule has 158 valence electrons. The molecule has 7 rings (SSSR count). The highest BCUT2D eigenvalue weighted by molar-refractivity contribution is 6.10. The van der Waals surface area contributed by atoms with E-state index in [2.05, 4.69) is 29.6 Å². The Labute approximate surface area is 186 Å². The fourth-order valence-corrected chi connectivity index (χ4v) is 5.94. The normalized spacial score (nSPS) is 24.7. The van der Waals surface area contributed by atoms with Gasteiger partial charge in [0.1, 0.15) is 6.54 Å². The maximum atomic E-state index is 13.5. The van der Waals surface area contributed by atoms with Crippen molar-refractivity contribution in [2.75, 3.05) is 11.9 Å². The van der Waals surface area contributed by atoms with Crippen LogP contribution in [0, 0.1) is 18.8 Å². The van der Waals surface area contributed by atoms with Crippen LogP contribution in [0.25, 0.3) is 0 Å². The second-order valence-electron chi connectivity index (χ2n) is 8.89. The van der Waals surface area contributed by atoms with E-state index in [-0.39, 0.29) is 36.1 Å². The minimum absolute atomic E-state index is 0.154. The molecule has 1 aliphatic heterocycles. The molecule has 3 amide bonds. The molecule has 2 bridgehead atoms. The van der Waals surface area contributed by atoms with Crippen molar-refractivity contribution < 1.29 is 14.4 Å². The summed E-state index contributed by atoms with van der Waals surface area (Å²) in [4.78, 5) is 41.0. The predicted octanol–water partition coefficient (Wildman–Crippen LogP) is 3.83. The van der Waals surface area contributed by atoms with Gasteiger partial charge in [-0.15, -0.1) is 0 Å². The molecule has 1 heterocycles. The van der Waals surface area contributed by atoms with E-state index in [1.54, 1.807) is 0 Å². The maximum Gasteiger partial charge on any atom is 0.244 e. The maximum absolute atomic E-state index is 13.5. The molecule has 0 spiro atoms. The molecule has 3 aromatic carbocycles. The summed E-state index contributed by atoms with van der Waals surface area (Å²) < 4.78 is 0. The van der Waals surface area contributed by atoms with Crippen LogP contribution in [0.1, 0.15) is 39.7 Å². The summed E-state index contributed by atoms with van der Waals surface area (Å²) in [6.07, 6.45) is 0. The number of para-hydroxylation sites is 1. The average molecular weight is 422 g/mol. The van der Waals surface area contributed by atoms with Crippen LogP contribution in [0.4, 0.5) is 5.69 Å². The highest BCUT2D eigenvalue weighted by Gasteiger charge is 2.61. The van der Waals surface area contributed by atoms with Crippen LogP contribution in [0.5, 0.6) is 0 Å². The van der Waals surface area contributed by atoms with Crippen LogP contribution in [0.2, 0.25) is 0 Å². The van der Waals surface area contributed by atoms with E-state index >= 15 is 0 Å². The van der Waals surface area contributed by atoms with Crippen LogP contribution in [0.15, 0.2) is 72.8 Å². The van der Waals surface area contributed by atoms with Gasteiger partial charge < -0.3 is 5.32 Å². The third-order valence-electron chi connectivity index (χ3n) is 7.26. The highest BCUT2D eigenvalue weighted by Crippen LogP contribution is 2.60. The van der Waals surface area contributed by atoms with Crippen LogP contribution in [0.3, 0.4) is 0 Å².